The Balaban J connectivity index is 2.20. The van der Waals surface area contributed by atoms with Gasteiger partial charge >= 0.3 is 0 Å². The number of benzene rings is 1. The lowest BCUT2D eigenvalue weighted by atomic mass is 10.2. The zero-order chi connectivity index (χ0) is 14.7. The van der Waals surface area contributed by atoms with E-state index in [2.05, 4.69) is 27.8 Å². The van der Waals surface area contributed by atoms with Crippen LogP contribution >= 0.6 is 27.3 Å². The average Bonchev–Trinajstić information content (AvgIpc) is 2.75. The Morgan fingerprint density at radius 3 is 2.65 bits per heavy atom. The lowest BCUT2D eigenvalue weighted by molar-refractivity contribution is 0.282. The molecule has 0 bridgehead atoms. The minimum atomic E-state index is 0.427. The van der Waals surface area contributed by atoms with Crippen molar-refractivity contribution >= 4 is 27.3 Å². The molecule has 0 aliphatic carbocycles. The highest BCUT2D eigenvalue weighted by atomic mass is 79.9. The maximum atomic E-state index is 5.85. The number of methoxy groups -OCH3 is 1. The fraction of sp³-hybridized carbons (Fsp3) is 0.357. The third kappa shape index (κ3) is 3.31. The molecule has 1 heterocycles. The van der Waals surface area contributed by atoms with Crippen LogP contribution in [-0.4, -0.2) is 12.1 Å². The molecule has 0 atom stereocenters. The molecule has 0 unspecified atom stereocenters. The van der Waals surface area contributed by atoms with E-state index in [0.717, 1.165) is 20.7 Å². The summed E-state index contributed by atoms with van der Waals surface area (Å²) in [7, 11) is 1.62. The van der Waals surface area contributed by atoms with Crippen LogP contribution in [0.5, 0.6) is 11.5 Å². The number of nitrogens with zero attached hydrogens (tertiary/aromatic N) is 1. The van der Waals surface area contributed by atoms with E-state index in [4.69, 9.17) is 15.2 Å². The monoisotopic (exact) mass is 356 g/mol. The van der Waals surface area contributed by atoms with Gasteiger partial charge in [0.1, 0.15) is 11.6 Å². The van der Waals surface area contributed by atoms with Crippen LogP contribution in [0.1, 0.15) is 21.1 Å². The van der Waals surface area contributed by atoms with Gasteiger partial charge in [-0.25, -0.2) is 4.98 Å². The zero-order valence-electron chi connectivity index (χ0n) is 11.7. The zero-order valence-corrected chi connectivity index (χ0v) is 14.1. The third-order valence-electron chi connectivity index (χ3n) is 2.94. The smallest absolute Gasteiger partial charge is 0.175 e. The van der Waals surface area contributed by atoms with Gasteiger partial charge in [0.25, 0.3) is 0 Å². The number of aromatic nitrogens is 1. The molecule has 0 aliphatic rings. The maximum Gasteiger partial charge on any atom is 0.175 e. The summed E-state index contributed by atoms with van der Waals surface area (Å²) in [5, 5.41) is 0.955. The van der Waals surface area contributed by atoms with Gasteiger partial charge in [0.05, 0.1) is 17.3 Å². The second-order valence-corrected chi connectivity index (χ2v) is 6.49. The van der Waals surface area contributed by atoms with Crippen molar-refractivity contribution < 1.29 is 9.47 Å². The van der Waals surface area contributed by atoms with Gasteiger partial charge in [0, 0.05) is 11.4 Å². The normalized spacial score (nSPS) is 10.7. The first-order valence-electron chi connectivity index (χ1n) is 6.17. The van der Waals surface area contributed by atoms with Crippen LogP contribution in [0.2, 0.25) is 0 Å². The molecule has 0 spiro atoms. The second kappa shape index (κ2) is 6.56. The Kier molecular flexibility index (Phi) is 5.01. The molecular weight excluding hydrogens is 340 g/mol. The van der Waals surface area contributed by atoms with Gasteiger partial charge in [-0.15, -0.1) is 11.3 Å². The second-order valence-electron chi connectivity index (χ2n) is 4.35. The van der Waals surface area contributed by atoms with Crippen molar-refractivity contribution in [2.45, 2.75) is 27.0 Å². The summed E-state index contributed by atoms with van der Waals surface area (Å²) in [4.78, 5) is 5.68. The maximum absolute atomic E-state index is 5.85. The fourth-order valence-electron chi connectivity index (χ4n) is 1.77. The number of rotatable bonds is 5. The highest BCUT2D eigenvalue weighted by molar-refractivity contribution is 9.10. The molecule has 108 valence electrons. The van der Waals surface area contributed by atoms with Crippen LogP contribution in [0.15, 0.2) is 16.6 Å². The molecule has 2 rings (SSSR count). The predicted octanol–water partition coefficient (Wildman–Crippen LogP) is 3.57. The van der Waals surface area contributed by atoms with Crippen molar-refractivity contribution in [3.8, 4) is 11.5 Å². The Hall–Kier alpha value is -1.11. The molecule has 0 aliphatic heterocycles. The SMILES string of the molecule is COc1cc(CN)cc(Br)c1OCc1nc(C)c(C)s1. The van der Waals surface area contributed by atoms with Crippen molar-refractivity contribution in [3.05, 3.63) is 37.7 Å². The van der Waals surface area contributed by atoms with Crippen molar-refractivity contribution in [2.24, 2.45) is 5.73 Å². The molecule has 0 radical (unpaired) electrons. The summed E-state index contributed by atoms with van der Waals surface area (Å²) in [6, 6.07) is 3.83. The van der Waals surface area contributed by atoms with Crippen molar-refractivity contribution in [3.63, 3.8) is 0 Å². The van der Waals surface area contributed by atoms with Crippen LogP contribution in [0, 0.1) is 13.8 Å². The molecular formula is C14H17BrN2O2S. The summed E-state index contributed by atoms with van der Waals surface area (Å²) < 4.78 is 12.0. The first-order chi connectivity index (χ1) is 9.55. The fourth-order valence-corrected chi connectivity index (χ4v) is 3.22. The van der Waals surface area contributed by atoms with E-state index < -0.39 is 0 Å². The first kappa shape index (κ1) is 15.3. The summed E-state index contributed by atoms with van der Waals surface area (Å²) in [5.74, 6) is 1.35. The lowest BCUT2D eigenvalue weighted by Crippen LogP contribution is -2.01. The van der Waals surface area contributed by atoms with E-state index >= 15 is 0 Å². The van der Waals surface area contributed by atoms with E-state index in [0.29, 0.717) is 24.7 Å². The van der Waals surface area contributed by atoms with Gasteiger partial charge in [-0.3, -0.25) is 0 Å². The van der Waals surface area contributed by atoms with Gasteiger partial charge in [-0.05, 0) is 47.5 Å². The average molecular weight is 357 g/mol. The first-order valence-corrected chi connectivity index (χ1v) is 7.78. The summed E-state index contributed by atoms with van der Waals surface area (Å²) in [5.41, 5.74) is 7.69. The van der Waals surface area contributed by atoms with E-state index in [1.165, 1.54) is 4.88 Å². The number of hydrogen-bond donors (Lipinski definition) is 1. The molecule has 1 aromatic heterocycles. The van der Waals surface area contributed by atoms with Crippen LogP contribution in [-0.2, 0) is 13.2 Å². The summed E-state index contributed by atoms with van der Waals surface area (Å²) >= 11 is 5.14. The molecule has 2 aromatic rings. The van der Waals surface area contributed by atoms with E-state index in [9.17, 15) is 0 Å². The number of aryl methyl sites for hydroxylation is 2. The van der Waals surface area contributed by atoms with Gasteiger partial charge in [0.2, 0.25) is 0 Å². The van der Waals surface area contributed by atoms with Crippen LogP contribution < -0.4 is 15.2 Å². The van der Waals surface area contributed by atoms with E-state index in [-0.39, 0.29) is 0 Å². The summed E-state index contributed by atoms with van der Waals surface area (Å²) in [6.07, 6.45) is 0. The predicted molar refractivity (Wildman–Crippen MR) is 84.5 cm³/mol. The van der Waals surface area contributed by atoms with E-state index in [1.54, 1.807) is 18.4 Å². The molecule has 0 saturated heterocycles. The van der Waals surface area contributed by atoms with Crippen LogP contribution in [0.25, 0.3) is 0 Å². The molecule has 4 nitrogen and oxygen atoms in total. The molecule has 1 aromatic carbocycles. The number of thiazole rings is 1. The largest absolute Gasteiger partial charge is 0.493 e. The molecule has 6 heteroatoms. The quantitative estimate of drug-likeness (QED) is 0.889. The van der Waals surface area contributed by atoms with Crippen LogP contribution in [0.4, 0.5) is 0 Å². The topological polar surface area (TPSA) is 57.4 Å². The minimum Gasteiger partial charge on any atom is -0.493 e. The van der Waals surface area contributed by atoms with E-state index in [1.807, 2.05) is 19.1 Å². The van der Waals surface area contributed by atoms with Crippen molar-refractivity contribution in [1.29, 1.82) is 0 Å². The molecule has 0 amide bonds. The molecule has 0 fully saturated rings. The number of nitrogens with two attached hydrogens (primary N) is 1. The van der Waals surface area contributed by atoms with Gasteiger partial charge < -0.3 is 15.2 Å². The molecule has 2 N–H and O–H groups in total. The standard InChI is InChI=1S/C14H17BrN2O2S/c1-8-9(2)20-13(17-8)7-19-14-11(15)4-10(6-16)5-12(14)18-3/h4-5H,6-7,16H2,1-3H3. The Morgan fingerprint density at radius 2 is 2.10 bits per heavy atom. The summed E-state index contributed by atoms with van der Waals surface area (Å²) in [6.45, 7) is 4.95. The number of halogens is 1. The minimum absolute atomic E-state index is 0.427. The van der Waals surface area contributed by atoms with Crippen LogP contribution in [0.3, 0.4) is 0 Å². The van der Waals surface area contributed by atoms with Gasteiger partial charge in [-0.1, -0.05) is 0 Å². The van der Waals surface area contributed by atoms with Crippen molar-refractivity contribution in [1.82, 2.24) is 4.98 Å². The Bertz CT molecular complexity index is 594. The van der Waals surface area contributed by atoms with Crippen molar-refractivity contribution in [2.75, 3.05) is 7.11 Å². The third-order valence-corrected chi connectivity index (χ3v) is 4.57. The lowest BCUT2D eigenvalue weighted by Gasteiger charge is -2.13. The highest BCUT2D eigenvalue weighted by Gasteiger charge is 2.13. The number of ether oxygens (including phenoxy) is 2. The Labute approximate surface area is 131 Å². The van der Waals surface area contributed by atoms with Gasteiger partial charge in [0.15, 0.2) is 11.5 Å². The number of hydrogen-bond acceptors (Lipinski definition) is 5. The molecule has 0 saturated carbocycles. The molecule has 20 heavy (non-hydrogen) atoms. The van der Waals surface area contributed by atoms with Gasteiger partial charge in [-0.2, -0.15) is 0 Å². The highest BCUT2D eigenvalue weighted by Crippen LogP contribution is 2.37. The Morgan fingerprint density at radius 1 is 1.35 bits per heavy atom.